The zero-order chi connectivity index (χ0) is 12.7. The van der Waals surface area contributed by atoms with Crippen LogP contribution in [0, 0.1) is 0 Å². The van der Waals surface area contributed by atoms with Crippen molar-refractivity contribution in [2.75, 3.05) is 24.7 Å². The van der Waals surface area contributed by atoms with Crippen molar-refractivity contribution in [3.63, 3.8) is 0 Å². The fraction of sp³-hybridized carbons (Fsp3) is 0.556. The van der Waals surface area contributed by atoms with E-state index >= 15 is 0 Å². The lowest BCUT2D eigenvalue weighted by Gasteiger charge is -2.04. The first-order chi connectivity index (χ1) is 8.06. The molecule has 0 aliphatic carbocycles. The number of nitrogens with one attached hydrogen (secondary N) is 1. The van der Waals surface area contributed by atoms with E-state index in [-0.39, 0.29) is 6.61 Å². The van der Waals surface area contributed by atoms with Gasteiger partial charge in [0.25, 0.3) is 0 Å². The molecule has 0 saturated carbocycles. The van der Waals surface area contributed by atoms with Crippen molar-refractivity contribution >= 4 is 49.1 Å². The number of hydrogen-bond acceptors (Lipinski definition) is 5. The Bertz CT molecular complexity index is 432. The molecule has 1 aromatic rings. The Morgan fingerprint density at radius 1 is 1.41 bits per heavy atom. The maximum atomic E-state index is 11.8. The minimum atomic E-state index is -3.36. The second-order valence-electron chi connectivity index (χ2n) is 3.15. The van der Waals surface area contributed by atoms with Crippen LogP contribution in [0.2, 0.25) is 0 Å². The second kappa shape index (κ2) is 7.75. The van der Waals surface area contributed by atoms with E-state index in [0.717, 1.165) is 16.0 Å². The Kier molecular flexibility index (Phi) is 7.05. The van der Waals surface area contributed by atoms with E-state index in [4.69, 9.17) is 5.11 Å². The predicted molar refractivity (Wildman–Crippen MR) is 76.2 cm³/mol. The van der Waals surface area contributed by atoms with Crippen LogP contribution in [0.25, 0.3) is 0 Å². The fourth-order valence-electron chi connectivity index (χ4n) is 1.03. The van der Waals surface area contributed by atoms with Gasteiger partial charge < -0.3 is 5.11 Å². The smallest absolute Gasteiger partial charge is 0.250 e. The summed E-state index contributed by atoms with van der Waals surface area (Å²) >= 11 is 6.05. The topological polar surface area (TPSA) is 66.4 Å². The Morgan fingerprint density at radius 3 is 2.76 bits per heavy atom. The van der Waals surface area contributed by atoms with E-state index in [1.54, 1.807) is 23.9 Å². The van der Waals surface area contributed by atoms with Gasteiger partial charge in [0.1, 0.15) is 4.21 Å². The molecule has 0 aliphatic heterocycles. The molecule has 0 unspecified atom stereocenters. The quantitative estimate of drug-likeness (QED) is 0.695. The van der Waals surface area contributed by atoms with Crippen molar-refractivity contribution in [2.24, 2.45) is 0 Å². The second-order valence-corrected chi connectivity index (χ2v) is 8.83. The first-order valence-corrected chi connectivity index (χ1v) is 9.24. The van der Waals surface area contributed by atoms with Crippen LogP contribution in [0.5, 0.6) is 0 Å². The summed E-state index contributed by atoms with van der Waals surface area (Å²) in [6.45, 7) is 0.593. The van der Waals surface area contributed by atoms with E-state index in [9.17, 15) is 8.42 Å². The molecule has 4 nitrogen and oxygen atoms in total. The molecule has 0 amide bonds. The first kappa shape index (κ1) is 15.5. The molecular weight excluding hydrogens is 346 g/mol. The highest BCUT2D eigenvalue weighted by atomic mass is 79.9. The Balaban J connectivity index is 2.31. The maximum Gasteiger partial charge on any atom is 0.250 e. The van der Waals surface area contributed by atoms with E-state index in [0.29, 0.717) is 16.5 Å². The third kappa shape index (κ3) is 5.71. The molecule has 98 valence electrons. The number of aliphatic hydroxyl groups is 1. The zero-order valence-corrected chi connectivity index (χ0v) is 13.1. The van der Waals surface area contributed by atoms with E-state index in [1.807, 2.05) is 0 Å². The molecule has 2 N–H and O–H groups in total. The van der Waals surface area contributed by atoms with Crippen LogP contribution in [0.1, 0.15) is 6.42 Å². The lowest BCUT2D eigenvalue weighted by molar-refractivity contribution is 0.296. The summed E-state index contributed by atoms with van der Waals surface area (Å²) in [5, 5.41) is 8.58. The normalized spacial score (nSPS) is 11.9. The molecule has 8 heteroatoms. The van der Waals surface area contributed by atoms with E-state index < -0.39 is 10.0 Å². The van der Waals surface area contributed by atoms with Gasteiger partial charge >= 0.3 is 0 Å². The lowest BCUT2D eigenvalue weighted by atomic mass is 10.5. The van der Waals surface area contributed by atoms with Gasteiger partial charge in [-0.3, -0.25) is 0 Å². The van der Waals surface area contributed by atoms with Crippen LogP contribution in [-0.4, -0.2) is 38.2 Å². The van der Waals surface area contributed by atoms with Crippen molar-refractivity contribution in [1.29, 1.82) is 0 Å². The van der Waals surface area contributed by atoms with Crippen LogP contribution in [0.4, 0.5) is 0 Å². The van der Waals surface area contributed by atoms with Crippen LogP contribution in [0.3, 0.4) is 0 Å². The molecule has 1 heterocycles. The predicted octanol–water partition coefficient (Wildman–Crippen LogP) is 1.90. The van der Waals surface area contributed by atoms with Crippen molar-refractivity contribution in [3.8, 4) is 0 Å². The number of thioether (sulfide) groups is 1. The molecule has 1 aromatic heterocycles. The molecule has 1 rings (SSSR count). The summed E-state index contributed by atoms with van der Waals surface area (Å²) in [4.78, 5) is 0. The number of halogens is 1. The molecular formula is C9H14BrNO3S3. The zero-order valence-electron chi connectivity index (χ0n) is 9.06. The highest BCUT2D eigenvalue weighted by Crippen LogP contribution is 2.25. The fourth-order valence-corrected chi connectivity index (χ4v) is 5.03. The molecule has 0 fully saturated rings. The lowest BCUT2D eigenvalue weighted by Crippen LogP contribution is -2.25. The summed E-state index contributed by atoms with van der Waals surface area (Å²) in [6.07, 6.45) is 0.745. The Morgan fingerprint density at radius 2 is 2.18 bits per heavy atom. The Labute approximate surface area is 118 Å². The van der Waals surface area contributed by atoms with Crippen LogP contribution >= 0.6 is 39.0 Å². The van der Waals surface area contributed by atoms with Crippen LogP contribution in [0.15, 0.2) is 20.1 Å². The molecule has 0 spiro atoms. The van der Waals surface area contributed by atoms with E-state index in [1.165, 1.54) is 11.3 Å². The summed E-state index contributed by atoms with van der Waals surface area (Å²) in [5.41, 5.74) is 0. The molecule has 0 atom stereocenters. The van der Waals surface area contributed by atoms with Gasteiger partial charge in [-0.15, -0.1) is 11.3 Å². The average Bonchev–Trinajstić information content (AvgIpc) is 2.71. The number of sulfonamides is 1. The van der Waals surface area contributed by atoms with Crippen LogP contribution < -0.4 is 4.72 Å². The standard InChI is InChI=1S/C9H14BrNO3S3/c10-8-2-3-9(16-8)17(13,14)11-4-7-15-6-1-5-12/h2-3,11-12H,1,4-7H2. The van der Waals surface area contributed by atoms with E-state index in [2.05, 4.69) is 20.7 Å². The first-order valence-electron chi connectivity index (χ1n) is 5.00. The largest absolute Gasteiger partial charge is 0.396 e. The molecule has 0 aliphatic rings. The van der Waals surface area contributed by atoms with Gasteiger partial charge in [-0.05, 0) is 40.2 Å². The molecule has 0 bridgehead atoms. The van der Waals surface area contributed by atoms with Crippen molar-refractivity contribution < 1.29 is 13.5 Å². The monoisotopic (exact) mass is 359 g/mol. The molecule has 0 aromatic carbocycles. The van der Waals surface area contributed by atoms with Gasteiger partial charge in [0, 0.05) is 18.9 Å². The summed E-state index contributed by atoms with van der Waals surface area (Å²) in [5.74, 6) is 1.56. The van der Waals surface area contributed by atoms with Gasteiger partial charge in [0.2, 0.25) is 10.0 Å². The molecule has 0 saturated heterocycles. The Hall–Kier alpha value is 0.400. The van der Waals surface area contributed by atoms with Gasteiger partial charge in [0.15, 0.2) is 0 Å². The minimum absolute atomic E-state index is 0.182. The van der Waals surface area contributed by atoms with Gasteiger partial charge in [-0.1, -0.05) is 0 Å². The minimum Gasteiger partial charge on any atom is -0.396 e. The maximum absolute atomic E-state index is 11.8. The summed E-state index contributed by atoms with van der Waals surface area (Å²) in [6, 6.07) is 3.30. The highest BCUT2D eigenvalue weighted by molar-refractivity contribution is 9.11. The average molecular weight is 360 g/mol. The van der Waals surface area contributed by atoms with Gasteiger partial charge in [-0.2, -0.15) is 11.8 Å². The van der Waals surface area contributed by atoms with Gasteiger partial charge in [0.05, 0.1) is 3.79 Å². The highest BCUT2D eigenvalue weighted by Gasteiger charge is 2.15. The van der Waals surface area contributed by atoms with Crippen molar-refractivity contribution in [3.05, 3.63) is 15.9 Å². The summed E-state index contributed by atoms with van der Waals surface area (Å²) in [7, 11) is -3.36. The van der Waals surface area contributed by atoms with Crippen LogP contribution in [-0.2, 0) is 10.0 Å². The number of aliphatic hydroxyl groups excluding tert-OH is 1. The third-order valence-corrected chi connectivity index (χ3v) is 6.45. The third-order valence-electron chi connectivity index (χ3n) is 1.80. The van der Waals surface area contributed by atoms with Crippen molar-refractivity contribution in [2.45, 2.75) is 10.6 Å². The number of hydrogen-bond donors (Lipinski definition) is 2. The van der Waals surface area contributed by atoms with Crippen molar-refractivity contribution in [1.82, 2.24) is 4.72 Å². The molecule has 17 heavy (non-hydrogen) atoms. The summed E-state index contributed by atoms with van der Waals surface area (Å²) < 4.78 is 27.2. The SMILES string of the molecule is O=S(=O)(NCCSCCCO)c1ccc(Br)s1. The number of thiophene rings is 1. The van der Waals surface area contributed by atoms with Gasteiger partial charge in [-0.25, -0.2) is 13.1 Å². The number of rotatable bonds is 8. The molecule has 0 radical (unpaired) electrons.